The van der Waals surface area contributed by atoms with Crippen molar-refractivity contribution in [1.29, 1.82) is 5.26 Å². The molecule has 0 aliphatic carbocycles. The molecule has 0 saturated carbocycles. The average Bonchev–Trinajstić information content (AvgIpc) is 2.16. The zero-order valence-corrected chi connectivity index (χ0v) is 8.64. The lowest BCUT2D eigenvalue weighted by molar-refractivity contribution is -0.144. The predicted molar refractivity (Wildman–Crippen MR) is 52.0 cm³/mol. The molecule has 0 heterocycles. The first-order chi connectivity index (χ1) is 6.99. The van der Waals surface area contributed by atoms with Crippen LogP contribution < -0.4 is 0 Å². The fraction of sp³-hybridized carbons (Fsp3) is 0.700. The molecule has 0 fully saturated rings. The van der Waals surface area contributed by atoms with Crippen molar-refractivity contribution < 1.29 is 19.8 Å². The lowest BCUT2D eigenvalue weighted by Gasteiger charge is -2.11. The van der Waals surface area contributed by atoms with Gasteiger partial charge in [-0.05, 0) is 19.3 Å². The number of carbonyl (C=O) groups is 2. The molecule has 0 aliphatic rings. The van der Waals surface area contributed by atoms with Gasteiger partial charge in [0.05, 0.1) is 17.9 Å². The Labute approximate surface area is 88.3 Å². The smallest absolute Gasteiger partial charge is 0.306 e. The van der Waals surface area contributed by atoms with Crippen molar-refractivity contribution in [2.45, 2.75) is 32.6 Å². The summed E-state index contributed by atoms with van der Waals surface area (Å²) in [6, 6.07) is 1.88. The van der Waals surface area contributed by atoms with E-state index in [-0.39, 0.29) is 12.8 Å². The molecule has 0 saturated heterocycles. The molecule has 15 heavy (non-hydrogen) atoms. The predicted octanol–water partition coefficient (Wildman–Crippen LogP) is 1.49. The van der Waals surface area contributed by atoms with Gasteiger partial charge in [0.2, 0.25) is 0 Å². The van der Waals surface area contributed by atoms with E-state index in [2.05, 4.69) is 0 Å². The molecule has 2 atom stereocenters. The van der Waals surface area contributed by atoms with E-state index in [9.17, 15) is 9.59 Å². The summed E-state index contributed by atoms with van der Waals surface area (Å²) in [5, 5.41) is 25.7. The quantitative estimate of drug-likeness (QED) is 0.667. The third-order valence-electron chi connectivity index (χ3n) is 2.32. The van der Waals surface area contributed by atoms with Gasteiger partial charge in [0, 0.05) is 6.42 Å². The molecule has 5 nitrogen and oxygen atoms in total. The number of carboxylic acid groups (broad SMARTS) is 2. The SMILES string of the molecule is CC(CCC(CCC#N)C(=O)O)C(=O)O. The van der Waals surface area contributed by atoms with E-state index in [1.54, 1.807) is 6.92 Å². The fourth-order valence-corrected chi connectivity index (χ4v) is 1.20. The monoisotopic (exact) mass is 213 g/mol. The lowest BCUT2D eigenvalue weighted by Crippen LogP contribution is -2.17. The van der Waals surface area contributed by atoms with Crippen LogP contribution in [0.3, 0.4) is 0 Å². The van der Waals surface area contributed by atoms with Crippen molar-refractivity contribution >= 4 is 11.9 Å². The molecule has 0 aliphatic heterocycles. The molecule has 0 amide bonds. The normalized spacial score (nSPS) is 13.9. The summed E-state index contributed by atoms with van der Waals surface area (Å²) in [5.74, 6) is -3.01. The molecule has 0 rings (SSSR count). The van der Waals surface area contributed by atoms with Gasteiger partial charge in [0.15, 0.2) is 0 Å². The van der Waals surface area contributed by atoms with Crippen molar-refractivity contribution in [3.8, 4) is 6.07 Å². The van der Waals surface area contributed by atoms with Gasteiger partial charge in [0.25, 0.3) is 0 Å². The van der Waals surface area contributed by atoms with Crippen molar-refractivity contribution in [3.05, 3.63) is 0 Å². The number of aliphatic carboxylic acids is 2. The fourth-order valence-electron chi connectivity index (χ4n) is 1.20. The van der Waals surface area contributed by atoms with E-state index < -0.39 is 23.8 Å². The minimum Gasteiger partial charge on any atom is -0.481 e. The van der Waals surface area contributed by atoms with E-state index in [1.807, 2.05) is 6.07 Å². The number of rotatable bonds is 7. The van der Waals surface area contributed by atoms with Crippen molar-refractivity contribution in [3.63, 3.8) is 0 Å². The molecule has 0 aromatic carbocycles. The maximum Gasteiger partial charge on any atom is 0.306 e. The zero-order valence-electron chi connectivity index (χ0n) is 8.64. The van der Waals surface area contributed by atoms with Crippen LogP contribution >= 0.6 is 0 Å². The molecule has 0 spiro atoms. The Kier molecular flexibility index (Phi) is 6.11. The van der Waals surface area contributed by atoms with Gasteiger partial charge in [-0.15, -0.1) is 0 Å². The summed E-state index contributed by atoms with van der Waals surface area (Å²) in [4.78, 5) is 21.2. The summed E-state index contributed by atoms with van der Waals surface area (Å²) < 4.78 is 0. The van der Waals surface area contributed by atoms with Crippen LogP contribution in [0.4, 0.5) is 0 Å². The second-order valence-corrected chi connectivity index (χ2v) is 3.55. The molecule has 0 aromatic rings. The van der Waals surface area contributed by atoms with Gasteiger partial charge in [-0.3, -0.25) is 9.59 Å². The molecule has 2 unspecified atom stereocenters. The van der Waals surface area contributed by atoms with Crippen molar-refractivity contribution in [1.82, 2.24) is 0 Å². The van der Waals surface area contributed by atoms with Crippen LogP contribution in [0.25, 0.3) is 0 Å². The zero-order chi connectivity index (χ0) is 11.8. The van der Waals surface area contributed by atoms with Crippen LogP contribution in [0, 0.1) is 23.2 Å². The molecule has 0 radical (unpaired) electrons. The van der Waals surface area contributed by atoms with Gasteiger partial charge >= 0.3 is 11.9 Å². The number of hydrogen-bond acceptors (Lipinski definition) is 3. The van der Waals surface area contributed by atoms with Crippen molar-refractivity contribution in [2.75, 3.05) is 0 Å². The van der Waals surface area contributed by atoms with E-state index >= 15 is 0 Å². The first-order valence-corrected chi connectivity index (χ1v) is 4.81. The second kappa shape index (κ2) is 6.82. The summed E-state index contributed by atoms with van der Waals surface area (Å²) in [6.07, 6.45) is 1.12. The van der Waals surface area contributed by atoms with Crippen LogP contribution in [0.5, 0.6) is 0 Å². The van der Waals surface area contributed by atoms with Gasteiger partial charge in [-0.25, -0.2) is 0 Å². The van der Waals surface area contributed by atoms with E-state index in [0.29, 0.717) is 12.8 Å². The highest BCUT2D eigenvalue weighted by Crippen LogP contribution is 2.17. The van der Waals surface area contributed by atoms with Crippen LogP contribution in [-0.2, 0) is 9.59 Å². The highest BCUT2D eigenvalue weighted by atomic mass is 16.4. The van der Waals surface area contributed by atoms with Gasteiger partial charge < -0.3 is 10.2 Å². The van der Waals surface area contributed by atoms with Gasteiger partial charge in [-0.2, -0.15) is 5.26 Å². The Morgan fingerprint density at radius 3 is 2.20 bits per heavy atom. The van der Waals surface area contributed by atoms with E-state index in [4.69, 9.17) is 15.5 Å². The highest BCUT2D eigenvalue weighted by Gasteiger charge is 2.20. The topological polar surface area (TPSA) is 98.4 Å². The summed E-state index contributed by atoms with van der Waals surface area (Å²) in [5.41, 5.74) is 0. The Morgan fingerprint density at radius 1 is 1.20 bits per heavy atom. The van der Waals surface area contributed by atoms with E-state index in [1.165, 1.54) is 0 Å². The van der Waals surface area contributed by atoms with Crippen LogP contribution in [0.1, 0.15) is 32.6 Å². The molecule has 0 aromatic heterocycles. The van der Waals surface area contributed by atoms with Crippen LogP contribution in [0.15, 0.2) is 0 Å². The van der Waals surface area contributed by atoms with E-state index in [0.717, 1.165) is 0 Å². The Morgan fingerprint density at radius 2 is 1.80 bits per heavy atom. The third-order valence-corrected chi connectivity index (χ3v) is 2.32. The summed E-state index contributed by atoms with van der Waals surface area (Å²) in [6.45, 7) is 1.55. The largest absolute Gasteiger partial charge is 0.481 e. The van der Waals surface area contributed by atoms with Gasteiger partial charge in [0.1, 0.15) is 0 Å². The molecule has 2 N–H and O–H groups in total. The van der Waals surface area contributed by atoms with Crippen molar-refractivity contribution in [2.24, 2.45) is 11.8 Å². The Balaban J connectivity index is 4.02. The van der Waals surface area contributed by atoms with Crippen LogP contribution in [-0.4, -0.2) is 22.2 Å². The van der Waals surface area contributed by atoms with Crippen LogP contribution in [0.2, 0.25) is 0 Å². The summed E-state index contributed by atoms with van der Waals surface area (Å²) >= 11 is 0. The first kappa shape index (κ1) is 13.4. The minimum atomic E-state index is -0.956. The average molecular weight is 213 g/mol. The number of nitrogens with zero attached hydrogens (tertiary/aromatic N) is 1. The summed E-state index contributed by atoms with van der Waals surface area (Å²) in [7, 11) is 0. The maximum absolute atomic E-state index is 10.7. The molecule has 5 heteroatoms. The molecular formula is C10H15NO4. The first-order valence-electron chi connectivity index (χ1n) is 4.81. The maximum atomic E-state index is 10.7. The molecule has 0 bridgehead atoms. The second-order valence-electron chi connectivity index (χ2n) is 3.55. The Hall–Kier alpha value is -1.57. The number of hydrogen-bond donors (Lipinski definition) is 2. The number of carboxylic acids is 2. The number of nitriles is 1. The third kappa shape index (κ3) is 5.68. The van der Waals surface area contributed by atoms with Gasteiger partial charge in [-0.1, -0.05) is 6.92 Å². The Bertz CT molecular complexity index is 269. The highest BCUT2D eigenvalue weighted by molar-refractivity contribution is 5.71. The molecular weight excluding hydrogens is 198 g/mol. The molecule has 84 valence electrons. The minimum absolute atomic E-state index is 0.193. The standard InChI is InChI=1S/C10H15NO4/c1-7(9(12)13)4-5-8(10(14)15)3-2-6-11/h7-8H,2-5H2,1H3,(H,12,13)(H,14,15). The lowest BCUT2D eigenvalue weighted by atomic mass is 9.93.